The van der Waals surface area contributed by atoms with E-state index in [0.717, 1.165) is 5.56 Å². The molecule has 5 heteroatoms. The van der Waals surface area contributed by atoms with Crippen LogP contribution in [-0.2, 0) is 16.6 Å². The lowest BCUT2D eigenvalue weighted by molar-refractivity contribution is -0.143. The lowest BCUT2D eigenvalue weighted by Crippen LogP contribution is -2.20. The fourth-order valence-corrected chi connectivity index (χ4v) is 1.39. The Kier molecular flexibility index (Phi) is 4.30. The molecule has 0 saturated heterocycles. The summed E-state index contributed by atoms with van der Waals surface area (Å²) in [7, 11) is 3.66. The minimum atomic E-state index is -0.194. The van der Waals surface area contributed by atoms with E-state index in [-0.39, 0.29) is 12.0 Å². The highest BCUT2D eigenvalue weighted by atomic mass is 16.5. The number of aryl methyl sites for hydroxylation is 1. The normalized spacial score (nSPS) is 12.5. The maximum Gasteiger partial charge on any atom is 0.307 e. The van der Waals surface area contributed by atoms with E-state index in [0.29, 0.717) is 13.0 Å². The number of carbonyl (C=O) groups excluding carboxylic acids is 1. The van der Waals surface area contributed by atoms with Gasteiger partial charge in [-0.05, 0) is 14.0 Å². The SMILES string of the molecule is CCOC(=O)CC(NC)c1cnn(C)c1. The van der Waals surface area contributed by atoms with Crippen LogP contribution in [0.5, 0.6) is 0 Å². The van der Waals surface area contributed by atoms with Crippen molar-refractivity contribution < 1.29 is 9.53 Å². The Morgan fingerprint density at radius 2 is 2.47 bits per heavy atom. The van der Waals surface area contributed by atoms with Crippen molar-refractivity contribution in [1.29, 1.82) is 0 Å². The smallest absolute Gasteiger partial charge is 0.307 e. The number of carbonyl (C=O) groups is 1. The Morgan fingerprint density at radius 1 is 1.73 bits per heavy atom. The minimum absolute atomic E-state index is 0.0299. The molecule has 1 aromatic rings. The molecule has 1 aromatic heterocycles. The van der Waals surface area contributed by atoms with E-state index in [1.807, 2.05) is 20.3 Å². The van der Waals surface area contributed by atoms with Crippen LogP contribution >= 0.6 is 0 Å². The molecule has 1 heterocycles. The Bertz CT molecular complexity index is 322. The molecular formula is C10H17N3O2. The molecule has 15 heavy (non-hydrogen) atoms. The third-order valence-electron chi connectivity index (χ3n) is 2.15. The van der Waals surface area contributed by atoms with Gasteiger partial charge in [-0.3, -0.25) is 9.48 Å². The monoisotopic (exact) mass is 211 g/mol. The molecule has 0 aliphatic heterocycles. The molecule has 0 saturated carbocycles. The molecule has 1 rings (SSSR count). The molecule has 0 fully saturated rings. The average molecular weight is 211 g/mol. The van der Waals surface area contributed by atoms with Gasteiger partial charge >= 0.3 is 5.97 Å². The van der Waals surface area contributed by atoms with Crippen LogP contribution in [0.15, 0.2) is 12.4 Å². The van der Waals surface area contributed by atoms with Gasteiger partial charge in [0.2, 0.25) is 0 Å². The summed E-state index contributed by atoms with van der Waals surface area (Å²) in [6.45, 7) is 2.22. The maximum atomic E-state index is 11.3. The summed E-state index contributed by atoms with van der Waals surface area (Å²) < 4.78 is 6.61. The highest BCUT2D eigenvalue weighted by Gasteiger charge is 2.16. The van der Waals surface area contributed by atoms with Gasteiger partial charge in [0.1, 0.15) is 0 Å². The second-order valence-corrected chi connectivity index (χ2v) is 3.30. The number of esters is 1. The van der Waals surface area contributed by atoms with Crippen molar-refractivity contribution in [2.75, 3.05) is 13.7 Å². The number of aromatic nitrogens is 2. The van der Waals surface area contributed by atoms with E-state index >= 15 is 0 Å². The standard InChI is InChI=1S/C10H17N3O2/c1-4-15-10(14)5-9(11-2)8-6-12-13(3)7-8/h6-7,9,11H,4-5H2,1-3H3. The summed E-state index contributed by atoms with van der Waals surface area (Å²) in [5, 5.41) is 7.13. The molecule has 0 radical (unpaired) electrons. The lowest BCUT2D eigenvalue weighted by atomic mass is 10.1. The van der Waals surface area contributed by atoms with Crippen molar-refractivity contribution in [2.45, 2.75) is 19.4 Å². The molecule has 0 aliphatic carbocycles. The van der Waals surface area contributed by atoms with Crippen molar-refractivity contribution in [1.82, 2.24) is 15.1 Å². The molecule has 0 aromatic carbocycles. The third kappa shape index (κ3) is 3.36. The van der Waals surface area contributed by atoms with Gasteiger partial charge in [-0.15, -0.1) is 0 Å². The zero-order valence-electron chi connectivity index (χ0n) is 9.36. The van der Waals surface area contributed by atoms with Crippen molar-refractivity contribution in [3.8, 4) is 0 Å². The van der Waals surface area contributed by atoms with Crippen LogP contribution in [0.1, 0.15) is 24.9 Å². The van der Waals surface area contributed by atoms with Crippen molar-refractivity contribution in [2.24, 2.45) is 7.05 Å². The average Bonchev–Trinajstić information content (AvgIpc) is 2.61. The molecule has 84 valence electrons. The topological polar surface area (TPSA) is 56.1 Å². The first-order valence-electron chi connectivity index (χ1n) is 4.98. The quantitative estimate of drug-likeness (QED) is 0.726. The molecule has 0 amide bonds. The van der Waals surface area contributed by atoms with E-state index in [4.69, 9.17) is 4.74 Å². The molecule has 1 N–H and O–H groups in total. The molecule has 0 aliphatic rings. The van der Waals surface area contributed by atoms with Crippen molar-refractivity contribution in [3.05, 3.63) is 18.0 Å². The lowest BCUT2D eigenvalue weighted by Gasteiger charge is -2.12. The maximum absolute atomic E-state index is 11.3. The van der Waals surface area contributed by atoms with Crippen LogP contribution in [0.25, 0.3) is 0 Å². The predicted octanol–water partition coefficient (Wildman–Crippen LogP) is 0.634. The van der Waals surface area contributed by atoms with Crippen molar-refractivity contribution >= 4 is 5.97 Å². The van der Waals surface area contributed by atoms with Gasteiger partial charge in [0.15, 0.2) is 0 Å². The van der Waals surface area contributed by atoms with Gasteiger partial charge in [-0.2, -0.15) is 5.10 Å². The van der Waals surface area contributed by atoms with Gasteiger partial charge in [0.05, 0.1) is 19.2 Å². The molecule has 0 bridgehead atoms. The van der Waals surface area contributed by atoms with Gasteiger partial charge < -0.3 is 10.1 Å². The Morgan fingerprint density at radius 3 is 2.93 bits per heavy atom. The molecule has 1 atom stereocenters. The van der Waals surface area contributed by atoms with E-state index in [2.05, 4.69) is 10.4 Å². The first kappa shape index (κ1) is 11.7. The van der Waals surface area contributed by atoms with Crippen LogP contribution in [0.4, 0.5) is 0 Å². The molecule has 5 nitrogen and oxygen atoms in total. The summed E-state index contributed by atoms with van der Waals surface area (Å²) in [6.07, 6.45) is 3.97. The third-order valence-corrected chi connectivity index (χ3v) is 2.15. The number of rotatable bonds is 5. The van der Waals surface area contributed by atoms with E-state index < -0.39 is 0 Å². The number of nitrogens with zero attached hydrogens (tertiary/aromatic N) is 2. The summed E-state index contributed by atoms with van der Waals surface area (Å²) in [6, 6.07) is -0.0299. The zero-order chi connectivity index (χ0) is 11.3. The molecule has 1 unspecified atom stereocenters. The zero-order valence-corrected chi connectivity index (χ0v) is 9.36. The Labute approximate surface area is 89.4 Å². The molecule has 0 spiro atoms. The van der Waals surface area contributed by atoms with Crippen LogP contribution < -0.4 is 5.32 Å². The van der Waals surface area contributed by atoms with E-state index in [1.54, 1.807) is 17.8 Å². The number of hydrogen-bond donors (Lipinski definition) is 1. The Hall–Kier alpha value is -1.36. The van der Waals surface area contributed by atoms with Crippen molar-refractivity contribution in [3.63, 3.8) is 0 Å². The minimum Gasteiger partial charge on any atom is -0.466 e. The van der Waals surface area contributed by atoms with Crippen LogP contribution in [0, 0.1) is 0 Å². The van der Waals surface area contributed by atoms with Gasteiger partial charge in [0.25, 0.3) is 0 Å². The highest BCUT2D eigenvalue weighted by molar-refractivity contribution is 5.70. The van der Waals surface area contributed by atoms with Crippen LogP contribution in [0.3, 0.4) is 0 Å². The second kappa shape index (κ2) is 5.50. The summed E-state index contributed by atoms with van der Waals surface area (Å²) >= 11 is 0. The molecular weight excluding hydrogens is 194 g/mol. The van der Waals surface area contributed by atoms with Gasteiger partial charge in [0, 0.05) is 24.8 Å². The fraction of sp³-hybridized carbons (Fsp3) is 0.600. The highest BCUT2D eigenvalue weighted by Crippen LogP contribution is 2.15. The second-order valence-electron chi connectivity index (χ2n) is 3.30. The first-order valence-corrected chi connectivity index (χ1v) is 4.98. The predicted molar refractivity (Wildman–Crippen MR) is 56.3 cm³/mol. The van der Waals surface area contributed by atoms with Gasteiger partial charge in [-0.25, -0.2) is 0 Å². The number of ether oxygens (including phenoxy) is 1. The van der Waals surface area contributed by atoms with Crippen LogP contribution in [0.2, 0.25) is 0 Å². The van der Waals surface area contributed by atoms with E-state index in [1.165, 1.54) is 0 Å². The summed E-state index contributed by atoms with van der Waals surface area (Å²) in [4.78, 5) is 11.3. The summed E-state index contributed by atoms with van der Waals surface area (Å²) in [5.74, 6) is -0.194. The summed E-state index contributed by atoms with van der Waals surface area (Å²) in [5.41, 5.74) is 0.994. The largest absolute Gasteiger partial charge is 0.466 e. The van der Waals surface area contributed by atoms with Crippen LogP contribution in [-0.4, -0.2) is 29.4 Å². The van der Waals surface area contributed by atoms with E-state index in [9.17, 15) is 4.79 Å². The first-order chi connectivity index (χ1) is 7.17. The fourth-order valence-electron chi connectivity index (χ4n) is 1.39. The number of hydrogen-bond acceptors (Lipinski definition) is 4. The number of nitrogens with one attached hydrogen (secondary N) is 1. The Balaban J connectivity index is 2.60. The van der Waals surface area contributed by atoms with Gasteiger partial charge in [-0.1, -0.05) is 0 Å².